The number of benzene rings is 1. The summed E-state index contributed by atoms with van der Waals surface area (Å²) in [5, 5.41) is 18.5. The van der Waals surface area contributed by atoms with Crippen LogP contribution in [0.5, 0.6) is 11.5 Å². The third-order valence-electron chi connectivity index (χ3n) is 1.45. The molecule has 1 aromatic carbocycles. The second-order valence-electron chi connectivity index (χ2n) is 2.15. The molecule has 0 aromatic heterocycles. The Morgan fingerprint density at radius 1 is 1.50 bits per heavy atom. The predicted molar refractivity (Wildman–Crippen MR) is 45.5 cm³/mol. The lowest BCUT2D eigenvalue weighted by molar-refractivity contribution is 0.357. The van der Waals surface area contributed by atoms with E-state index in [1.54, 1.807) is 6.07 Å². The molecule has 0 aliphatic heterocycles. The zero-order valence-electron chi connectivity index (χ0n) is 6.46. The van der Waals surface area contributed by atoms with E-state index < -0.39 is 0 Å². The van der Waals surface area contributed by atoms with Crippen molar-refractivity contribution in [3.63, 3.8) is 0 Å². The average molecular weight is 182 g/mol. The molecule has 4 nitrogen and oxygen atoms in total. The van der Waals surface area contributed by atoms with Crippen molar-refractivity contribution in [2.24, 2.45) is 0 Å². The van der Waals surface area contributed by atoms with Crippen molar-refractivity contribution in [2.75, 3.05) is 12.6 Å². The Balaban J connectivity index is 3.28. The monoisotopic (exact) mass is 182 g/mol. The zero-order chi connectivity index (χ0) is 9.14. The first-order chi connectivity index (χ1) is 5.70. The molecule has 0 aliphatic carbocycles. The Bertz CT molecular complexity index is 261. The largest absolute Gasteiger partial charge is 0.504 e. The van der Waals surface area contributed by atoms with Gasteiger partial charge in [0, 0.05) is 0 Å². The molecule has 0 bridgehead atoms. The number of hydrogen-bond donors (Lipinski definition) is 3. The van der Waals surface area contributed by atoms with E-state index in [4.69, 9.17) is 9.94 Å². The Kier molecular flexibility index (Phi) is 2.57. The van der Waals surface area contributed by atoms with Crippen molar-refractivity contribution in [3.8, 4) is 11.5 Å². The zero-order valence-corrected chi connectivity index (χ0v) is 7.46. The molecule has 5 heteroatoms. The number of nitrogens with one attached hydrogen (secondary N) is 1. The maximum atomic E-state index is 9.25. The number of aromatic hydroxyl groups is 1. The van der Waals surface area contributed by atoms with Crippen molar-refractivity contribution >= 4 is 21.1 Å². The molecule has 1 aromatic rings. The molecular formula is C7H8NO3Si. The highest BCUT2D eigenvalue weighted by molar-refractivity contribution is 6.36. The van der Waals surface area contributed by atoms with Gasteiger partial charge in [-0.2, -0.15) is 0 Å². The van der Waals surface area contributed by atoms with Gasteiger partial charge in [0.15, 0.2) is 11.5 Å². The van der Waals surface area contributed by atoms with Gasteiger partial charge >= 0.3 is 0 Å². The molecule has 0 aliphatic rings. The second kappa shape index (κ2) is 3.46. The van der Waals surface area contributed by atoms with Gasteiger partial charge < -0.3 is 9.84 Å². The summed E-state index contributed by atoms with van der Waals surface area (Å²) < 4.78 is 4.84. The third-order valence-corrected chi connectivity index (χ3v) is 1.87. The summed E-state index contributed by atoms with van der Waals surface area (Å²) in [4.78, 5) is 0. The number of phenols is 1. The Morgan fingerprint density at radius 3 is 2.58 bits per heavy atom. The lowest BCUT2D eigenvalue weighted by Crippen LogP contribution is -2.11. The summed E-state index contributed by atoms with van der Waals surface area (Å²) in [7, 11) is 4.62. The van der Waals surface area contributed by atoms with E-state index in [1.807, 2.05) is 5.48 Å². The number of rotatable bonds is 2. The van der Waals surface area contributed by atoms with E-state index in [2.05, 4.69) is 10.2 Å². The van der Waals surface area contributed by atoms with E-state index in [1.165, 1.54) is 13.2 Å². The van der Waals surface area contributed by atoms with Gasteiger partial charge in [0.1, 0.15) is 5.69 Å². The molecule has 3 radical (unpaired) electrons. The van der Waals surface area contributed by atoms with Crippen LogP contribution in [-0.2, 0) is 0 Å². The van der Waals surface area contributed by atoms with Gasteiger partial charge in [-0.05, 0) is 11.3 Å². The van der Waals surface area contributed by atoms with E-state index in [0.29, 0.717) is 10.9 Å². The molecule has 0 heterocycles. The number of anilines is 1. The van der Waals surface area contributed by atoms with Crippen LogP contribution in [0.3, 0.4) is 0 Å². The summed E-state index contributed by atoms with van der Waals surface area (Å²) >= 11 is 0. The van der Waals surface area contributed by atoms with Gasteiger partial charge in [0.05, 0.1) is 17.4 Å². The first-order valence-corrected chi connectivity index (χ1v) is 3.72. The van der Waals surface area contributed by atoms with Gasteiger partial charge in [-0.25, -0.2) is 0 Å². The van der Waals surface area contributed by atoms with Gasteiger partial charge in [-0.3, -0.25) is 10.7 Å². The third kappa shape index (κ3) is 1.36. The number of hydrogen-bond acceptors (Lipinski definition) is 4. The van der Waals surface area contributed by atoms with Crippen molar-refractivity contribution in [3.05, 3.63) is 12.1 Å². The molecule has 0 atom stereocenters. The van der Waals surface area contributed by atoms with Crippen molar-refractivity contribution in [1.29, 1.82) is 0 Å². The van der Waals surface area contributed by atoms with E-state index >= 15 is 0 Å². The smallest absolute Gasteiger partial charge is 0.185 e. The van der Waals surface area contributed by atoms with Gasteiger partial charge in [-0.1, -0.05) is 6.07 Å². The maximum Gasteiger partial charge on any atom is 0.185 e. The fourth-order valence-corrected chi connectivity index (χ4v) is 1.14. The second-order valence-corrected chi connectivity index (χ2v) is 2.69. The minimum Gasteiger partial charge on any atom is -0.504 e. The normalized spacial score (nSPS) is 9.58. The SMILES string of the molecule is COc1c(O)ccc([Si])c1NO. The maximum absolute atomic E-state index is 9.25. The van der Waals surface area contributed by atoms with Crippen LogP contribution in [0.4, 0.5) is 5.69 Å². The standard InChI is InChI=1S/C7H8NO3Si/c1-11-7-4(9)2-3-5(12)6(7)8-10/h2-3,8-10H,1H3. The molecule has 0 amide bonds. The Morgan fingerprint density at radius 2 is 2.17 bits per heavy atom. The van der Waals surface area contributed by atoms with E-state index in [9.17, 15) is 5.11 Å². The fraction of sp³-hybridized carbons (Fsp3) is 0.143. The summed E-state index contributed by atoms with van der Waals surface area (Å²) in [5.41, 5.74) is 2.22. The molecule has 1 rings (SSSR count). The van der Waals surface area contributed by atoms with Crippen molar-refractivity contribution in [2.45, 2.75) is 0 Å². The molecule has 0 saturated carbocycles. The number of phenolic OH excluding ortho intramolecular Hbond substituents is 1. The lowest BCUT2D eigenvalue weighted by atomic mass is 10.3. The van der Waals surface area contributed by atoms with Crippen LogP contribution in [0.2, 0.25) is 0 Å². The summed E-state index contributed by atoms with van der Waals surface area (Å²) in [6.45, 7) is 0. The Labute approximate surface area is 73.2 Å². The number of ether oxygens (including phenoxy) is 1. The molecule has 0 saturated heterocycles. The van der Waals surface area contributed by atoms with Gasteiger partial charge in [0.25, 0.3) is 0 Å². The average Bonchev–Trinajstić information content (AvgIpc) is 2.08. The topological polar surface area (TPSA) is 61.7 Å². The van der Waals surface area contributed by atoms with Crippen LogP contribution in [0.25, 0.3) is 0 Å². The van der Waals surface area contributed by atoms with Gasteiger partial charge in [-0.15, -0.1) is 0 Å². The predicted octanol–water partition coefficient (Wildman–Crippen LogP) is -0.00430. The fourth-order valence-electron chi connectivity index (χ4n) is 0.889. The van der Waals surface area contributed by atoms with E-state index in [-0.39, 0.29) is 11.5 Å². The molecule has 12 heavy (non-hydrogen) atoms. The number of methoxy groups -OCH3 is 1. The van der Waals surface area contributed by atoms with Crippen LogP contribution >= 0.6 is 0 Å². The highest BCUT2D eigenvalue weighted by atomic mass is 28.1. The molecule has 0 unspecified atom stereocenters. The van der Waals surface area contributed by atoms with E-state index in [0.717, 1.165) is 0 Å². The van der Waals surface area contributed by atoms with Crippen LogP contribution in [0.1, 0.15) is 0 Å². The Hall–Kier alpha value is -1.20. The van der Waals surface area contributed by atoms with Gasteiger partial charge in [0.2, 0.25) is 0 Å². The van der Waals surface area contributed by atoms with Crippen molar-refractivity contribution in [1.82, 2.24) is 0 Å². The summed E-state index contributed by atoms with van der Waals surface area (Å²) in [5.74, 6) is 0.168. The minimum atomic E-state index is -0.0314. The minimum absolute atomic E-state index is 0.0314. The van der Waals surface area contributed by atoms with Crippen LogP contribution in [0.15, 0.2) is 12.1 Å². The van der Waals surface area contributed by atoms with Crippen molar-refractivity contribution < 1.29 is 15.1 Å². The molecular weight excluding hydrogens is 174 g/mol. The van der Waals surface area contributed by atoms with Crippen LogP contribution in [0, 0.1) is 0 Å². The quantitative estimate of drug-likeness (QED) is 0.445. The first-order valence-electron chi connectivity index (χ1n) is 3.22. The molecule has 0 spiro atoms. The lowest BCUT2D eigenvalue weighted by Gasteiger charge is -2.10. The summed E-state index contributed by atoms with van der Waals surface area (Å²) in [6.07, 6.45) is 0. The molecule has 3 N–H and O–H groups in total. The first kappa shape index (κ1) is 8.89. The highest BCUT2D eigenvalue weighted by Gasteiger charge is 2.09. The highest BCUT2D eigenvalue weighted by Crippen LogP contribution is 2.31. The molecule has 0 fully saturated rings. The molecule has 63 valence electrons. The summed E-state index contributed by atoms with van der Waals surface area (Å²) in [6, 6.07) is 3.05. The van der Waals surface area contributed by atoms with Crippen LogP contribution in [-0.4, -0.2) is 27.7 Å². The van der Waals surface area contributed by atoms with Crippen LogP contribution < -0.4 is 15.4 Å².